The fraction of sp³-hybridized carbons (Fsp3) is 0.200. The topological polar surface area (TPSA) is 97.2 Å². The predicted octanol–water partition coefficient (Wildman–Crippen LogP) is 3.42. The number of amides is 1. The minimum absolute atomic E-state index is 0.0133. The van der Waals surface area contributed by atoms with Crippen molar-refractivity contribution in [2.24, 2.45) is 0 Å². The molecule has 120 valence electrons. The molecule has 2 rings (SSSR count). The van der Waals surface area contributed by atoms with E-state index in [9.17, 15) is 14.9 Å². The van der Waals surface area contributed by atoms with Crippen LogP contribution in [0.4, 0.5) is 17.2 Å². The Bertz CT molecular complexity index is 764. The van der Waals surface area contributed by atoms with Gasteiger partial charge in [-0.15, -0.1) is 0 Å². The average Bonchev–Trinajstić information content (AvgIpc) is 2.48. The molecule has 8 heteroatoms. The molecule has 1 heterocycles. The number of nitrogens with one attached hydrogen (secondary N) is 2. The average molecular weight is 379 g/mol. The molecule has 0 spiro atoms. The van der Waals surface area contributed by atoms with Gasteiger partial charge in [-0.25, -0.2) is 4.98 Å². The number of carbonyl (C=O) groups excluding carboxylic acids is 1. The first-order valence-electron chi connectivity index (χ1n) is 6.77. The summed E-state index contributed by atoms with van der Waals surface area (Å²) < 4.78 is 0.971. The third-order valence-electron chi connectivity index (χ3n) is 3.15. The van der Waals surface area contributed by atoms with E-state index in [1.807, 2.05) is 19.1 Å². The van der Waals surface area contributed by atoms with Crippen molar-refractivity contribution in [2.45, 2.75) is 13.8 Å². The molecule has 0 aliphatic heterocycles. The van der Waals surface area contributed by atoms with Gasteiger partial charge in [0.05, 0.1) is 11.5 Å². The molecular weight excluding hydrogens is 364 g/mol. The number of rotatable bonds is 5. The second-order valence-electron chi connectivity index (χ2n) is 4.98. The summed E-state index contributed by atoms with van der Waals surface area (Å²) in [6.07, 6.45) is 1.17. The minimum atomic E-state index is -0.491. The molecule has 0 atom stereocenters. The van der Waals surface area contributed by atoms with E-state index in [0.29, 0.717) is 17.1 Å². The number of nitro groups is 1. The summed E-state index contributed by atoms with van der Waals surface area (Å²) in [5, 5.41) is 16.3. The monoisotopic (exact) mass is 378 g/mol. The highest BCUT2D eigenvalue weighted by Crippen LogP contribution is 2.20. The molecule has 0 saturated carbocycles. The van der Waals surface area contributed by atoms with Crippen molar-refractivity contribution >= 4 is 39.0 Å². The Morgan fingerprint density at radius 1 is 1.30 bits per heavy atom. The molecule has 0 radical (unpaired) electrons. The lowest BCUT2D eigenvalue weighted by Crippen LogP contribution is -2.22. The van der Waals surface area contributed by atoms with Gasteiger partial charge in [-0.2, -0.15) is 0 Å². The Balaban J connectivity index is 1.95. The molecule has 0 unspecified atom stereocenters. The van der Waals surface area contributed by atoms with Crippen LogP contribution in [0, 0.1) is 24.0 Å². The number of hydrogen-bond acceptors (Lipinski definition) is 5. The van der Waals surface area contributed by atoms with Crippen LogP contribution in [0.25, 0.3) is 0 Å². The van der Waals surface area contributed by atoms with Gasteiger partial charge in [0.1, 0.15) is 12.0 Å². The molecule has 23 heavy (non-hydrogen) atoms. The lowest BCUT2D eigenvalue weighted by Gasteiger charge is -2.09. The normalized spacial score (nSPS) is 10.2. The largest absolute Gasteiger partial charge is 0.361 e. The lowest BCUT2D eigenvalue weighted by molar-refractivity contribution is -0.385. The highest BCUT2D eigenvalue weighted by Gasteiger charge is 2.12. The van der Waals surface area contributed by atoms with E-state index >= 15 is 0 Å². The number of nitrogens with zero attached hydrogens (tertiary/aromatic N) is 2. The van der Waals surface area contributed by atoms with Gasteiger partial charge >= 0.3 is 0 Å². The van der Waals surface area contributed by atoms with Crippen LogP contribution >= 0.6 is 15.9 Å². The Hall–Kier alpha value is -2.48. The maximum absolute atomic E-state index is 11.9. The maximum atomic E-state index is 11.9. The van der Waals surface area contributed by atoms with Crippen LogP contribution < -0.4 is 10.6 Å². The van der Waals surface area contributed by atoms with Crippen LogP contribution in [0.1, 0.15) is 11.1 Å². The number of benzene rings is 1. The van der Waals surface area contributed by atoms with Gasteiger partial charge in [0, 0.05) is 15.7 Å². The van der Waals surface area contributed by atoms with Crippen molar-refractivity contribution in [1.82, 2.24) is 4.98 Å². The van der Waals surface area contributed by atoms with Crippen molar-refractivity contribution in [3.8, 4) is 0 Å². The molecule has 0 aliphatic rings. The van der Waals surface area contributed by atoms with Crippen molar-refractivity contribution in [2.75, 3.05) is 17.2 Å². The molecule has 0 fully saturated rings. The first-order valence-corrected chi connectivity index (χ1v) is 7.57. The van der Waals surface area contributed by atoms with E-state index in [-0.39, 0.29) is 18.1 Å². The van der Waals surface area contributed by atoms with E-state index in [1.165, 1.54) is 12.3 Å². The molecule has 0 bridgehead atoms. The van der Waals surface area contributed by atoms with Crippen LogP contribution in [0.15, 0.2) is 34.9 Å². The van der Waals surface area contributed by atoms with Crippen LogP contribution in [-0.2, 0) is 4.79 Å². The first kappa shape index (κ1) is 16.9. The van der Waals surface area contributed by atoms with E-state index in [4.69, 9.17) is 0 Å². The van der Waals surface area contributed by atoms with Crippen LogP contribution in [0.3, 0.4) is 0 Å². The lowest BCUT2D eigenvalue weighted by atomic mass is 10.2. The summed E-state index contributed by atoms with van der Waals surface area (Å²) in [4.78, 5) is 26.1. The van der Waals surface area contributed by atoms with E-state index in [2.05, 4.69) is 31.5 Å². The molecule has 1 aromatic carbocycles. The predicted molar refractivity (Wildman–Crippen MR) is 91.6 cm³/mol. The molecule has 1 amide bonds. The van der Waals surface area contributed by atoms with Gasteiger partial charge in [0.15, 0.2) is 0 Å². The van der Waals surface area contributed by atoms with Crippen molar-refractivity contribution in [3.63, 3.8) is 0 Å². The Labute approximate surface area is 141 Å². The molecular formula is C15H15BrN4O3. The number of pyridine rings is 1. The smallest absolute Gasteiger partial charge is 0.290 e. The zero-order chi connectivity index (χ0) is 17.0. The van der Waals surface area contributed by atoms with E-state index in [1.54, 1.807) is 13.0 Å². The third-order valence-corrected chi connectivity index (χ3v) is 4.04. The number of hydrogen-bond donors (Lipinski definition) is 2. The van der Waals surface area contributed by atoms with Gasteiger partial charge < -0.3 is 10.6 Å². The number of anilines is 2. The maximum Gasteiger partial charge on any atom is 0.290 e. The quantitative estimate of drug-likeness (QED) is 0.613. The first-order chi connectivity index (χ1) is 10.9. The van der Waals surface area contributed by atoms with E-state index < -0.39 is 4.92 Å². The standard InChI is InChI=1S/C15H15BrN4O3/c1-9-5-11(3-4-12(9)16)19-15(21)8-18-14-6-10(2)13(7-17-14)20(22)23/h3-7H,8H2,1-2H3,(H,17,18)(H,19,21). The molecule has 1 aromatic heterocycles. The summed E-state index contributed by atoms with van der Waals surface area (Å²) in [5.41, 5.74) is 2.15. The third kappa shape index (κ3) is 4.49. The van der Waals surface area contributed by atoms with Gasteiger partial charge in [-0.05, 0) is 43.7 Å². The number of aryl methyl sites for hydroxylation is 2. The van der Waals surface area contributed by atoms with E-state index in [0.717, 1.165) is 10.0 Å². The minimum Gasteiger partial charge on any atom is -0.361 e. The second kappa shape index (κ2) is 7.19. The SMILES string of the molecule is Cc1cc(NC(=O)CNc2cc(C)c([N+](=O)[O-])cn2)ccc1Br. The van der Waals surface area contributed by atoms with Crippen LogP contribution in [0.5, 0.6) is 0 Å². The summed E-state index contributed by atoms with van der Waals surface area (Å²) >= 11 is 3.40. The van der Waals surface area contributed by atoms with Crippen LogP contribution in [-0.4, -0.2) is 22.4 Å². The van der Waals surface area contributed by atoms with Crippen molar-refractivity contribution in [1.29, 1.82) is 0 Å². The van der Waals surface area contributed by atoms with Crippen molar-refractivity contribution in [3.05, 3.63) is 56.2 Å². The summed E-state index contributed by atoms with van der Waals surface area (Å²) in [6, 6.07) is 7.05. The summed E-state index contributed by atoms with van der Waals surface area (Å²) in [5.74, 6) is 0.180. The van der Waals surface area contributed by atoms with Gasteiger partial charge in [0.25, 0.3) is 5.69 Å². The fourth-order valence-electron chi connectivity index (χ4n) is 1.94. The van der Waals surface area contributed by atoms with Crippen molar-refractivity contribution < 1.29 is 9.72 Å². The highest BCUT2D eigenvalue weighted by atomic mass is 79.9. The molecule has 7 nitrogen and oxygen atoms in total. The summed E-state index contributed by atoms with van der Waals surface area (Å²) in [6.45, 7) is 3.57. The highest BCUT2D eigenvalue weighted by molar-refractivity contribution is 9.10. The molecule has 2 N–H and O–H groups in total. The van der Waals surface area contributed by atoms with Gasteiger partial charge in [0.2, 0.25) is 5.91 Å². The van der Waals surface area contributed by atoms with Crippen LogP contribution in [0.2, 0.25) is 0 Å². The molecule has 0 aliphatic carbocycles. The summed E-state index contributed by atoms with van der Waals surface area (Å²) in [7, 11) is 0. The zero-order valence-corrected chi connectivity index (χ0v) is 14.2. The fourth-order valence-corrected chi connectivity index (χ4v) is 2.18. The Morgan fingerprint density at radius 3 is 2.65 bits per heavy atom. The Kier molecular flexibility index (Phi) is 5.28. The second-order valence-corrected chi connectivity index (χ2v) is 5.83. The number of halogens is 1. The number of aromatic nitrogens is 1. The van der Waals surface area contributed by atoms with Gasteiger partial charge in [-0.3, -0.25) is 14.9 Å². The molecule has 0 saturated heterocycles. The Morgan fingerprint density at radius 2 is 2.04 bits per heavy atom. The van der Waals surface area contributed by atoms with Gasteiger partial charge in [-0.1, -0.05) is 15.9 Å². The number of carbonyl (C=O) groups is 1. The molecule has 2 aromatic rings. The zero-order valence-electron chi connectivity index (χ0n) is 12.6.